The highest BCUT2D eigenvalue weighted by molar-refractivity contribution is 5.81. The molecule has 0 radical (unpaired) electrons. The van der Waals surface area contributed by atoms with Gasteiger partial charge in [0.15, 0.2) is 5.82 Å². The second kappa shape index (κ2) is 5.99. The fourth-order valence-electron chi connectivity index (χ4n) is 2.54. The Morgan fingerprint density at radius 3 is 2.70 bits per heavy atom. The minimum Gasteiger partial charge on any atom is -0.487 e. The molecule has 1 aromatic carbocycles. The number of carbonyl (C=O) groups excluding carboxylic acids is 1. The van der Waals surface area contributed by atoms with E-state index < -0.39 is 5.41 Å². The number of nitrogens with one attached hydrogen (secondary N) is 1. The van der Waals surface area contributed by atoms with Gasteiger partial charge in [-0.3, -0.25) is 4.79 Å². The first kappa shape index (κ1) is 15.5. The number of fused-ring (bicyclic) bond motifs is 1. The lowest BCUT2D eigenvalue weighted by molar-refractivity contribution is -0.128. The van der Waals surface area contributed by atoms with Crippen LogP contribution in [0, 0.1) is 5.41 Å². The van der Waals surface area contributed by atoms with Crippen LogP contribution in [0.2, 0.25) is 0 Å². The van der Waals surface area contributed by atoms with Gasteiger partial charge >= 0.3 is 0 Å². The molecule has 0 fully saturated rings. The topological polar surface area (TPSA) is 64.1 Å². The van der Waals surface area contributed by atoms with Crippen molar-refractivity contribution in [3.8, 4) is 17.1 Å². The Morgan fingerprint density at radius 1 is 1.26 bits per heavy atom. The molecule has 1 aromatic heterocycles. The Bertz CT molecular complexity index is 708. The fourth-order valence-corrected chi connectivity index (χ4v) is 2.54. The van der Waals surface area contributed by atoms with Crippen LogP contribution in [0.1, 0.15) is 26.3 Å². The van der Waals surface area contributed by atoms with Crippen LogP contribution in [0.4, 0.5) is 0 Å². The molecule has 0 saturated heterocycles. The second-order valence-electron chi connectivity index (χ2n) is 6.77. The number of carbonyl (C=O) groups is 1. The van der Waals surface area contributed by atoms with E-state index >= 15 is 0 Å². The number of amides is 1. The number of rotatable bonds is 3. The molecule has 2 aromatic rings. The number of hydrogen-bond donors (Lipinski definition) is 1. The molecule has 5 heteroatoms. The number of hydrogen-bond acceptors (Lipinski definition) is 4. The minimum atomic E-state index is -0.394. The van der Waals surface area contributed by atoms with Gasteiger partial charge in [-0.05, 0) is 17.7 Å². The first-order valence-electron chi connectivity index (χ1n) is 7.79. The van der Waals surface area contributed by atoms with Gasteiger partial charge in [0.2, 0.25) is 5.91 Å². The highest BCUT2D eigenvalue weighted by Gasteiger charge is 2.28. The van der Waals surface area contributed by atoms with Crippen molar-refractivity contribution in [3.05, 3.63) is 42.2 Å². The molecule has 2 heterocycles. The largest absolute Gasteiger partial charge is 0.487 e. The molecule has 0 bridgehead atoms. The van der Waals surface area contributed by atoms with Gasteiger partial charge in [0.1, 0.15) is 11.9 Å². The van der Waals surface area contributed by atoms with Crippen LogP contribution >= 0.6 is 0 Å². The number of nitrogens with zero attached hydrogens (tertiary/aromatic N) is 2. The summed E-state index contributed by atoms with van der Waals surface area (Å²) in [5.74, 6) is 1.51. The van der Waals surface area contributed by atoms with Gasteiger partial charge in [-0.1, -0.05) is 32.9 Å². The summed E-state index contributed by atoms with van der Waals surface area (Å²) in [5.41, 5.74) is 1.63. The summed E-state index contributed by atoms with van der Waals surface area (Å²) in [6, 6.07) is 7.79. The van der Waals surface area contributed by atoms with E-state index in [-0.39, 0.29) is 12.0 Å². The van der Waals surface area contributed by atoms with E-state index in [2.05, 4.69) is 15.3 Å². The zero-order chi connectivity index (χ0) is 16.4. The van der Waals surface area contributed by atoms with Crippen molar-refractivity contribution in [2.75, 3.05) is 6.54 Å². The molecule has 5 nitrogen and oxygen atoms in total. The maximum Gasteiger partial charge on any atom is 0.225 e. The molecule has 0 spiro atoms. The van der Waals surface area contributed by atoms with Gasteiger partial charge in [-0.25, -0.2) is 9.97 Å². The predicted molar refractivity (Wildman–Crippen MR) is 88.1 cm³/mol. The Morgan fingerprint density at radius 2 is 2.00 bits per heavy atom. The lowest BCUT2D eigenvalue weighted by atomic mass is 9.95. The van der Waals surface area contributed by atoms with Crippen LogP contribution in [0.25, 0.3) is 11.4 Å². The summed E-state index contributed by atoms with van der Waals surface area (Å²) >= 11 is 0. The molecule has 120 valence electrons. The minimum absolute atomic E-state index is 0.0312. The molecular weight excluding hydrogens is 290 g/mol. The van der Waals surface area contributed by atoms with Crippen molar-refractivity contribution in [2.45, 2.75) is 33.3 Å². The Kier molecular flexibility index (Phi) is 4.03. The van der Waals surface area contributed by atoms with E-state index in [0.29, 0.717) is 12.4 Å². The molecule has 1 N–H and O–H groups in total. The number of ether oxygens (including phenoxy) is 1. The van der Waals surface area contributed by atoms with Gasteiger partial charge < -0.3 is 10.1 Å². The monoisotopic (exact) mass is 311 g/mol. The molecule has 1 amide bonds. The molecular formula is C18H21N3O2. The Hall–Kier alpha value is -2.43. The summed E-state index contributed by atoms with van der Waals surface area (Å²) in [4.78, 5) is 20.6. The van der Waals surface area contributed by atoms with Crippen LogP contribution in [0.3, 0.4) is 0 Å². The van der Waals surface area contributed by atoms with E-state index in [1.165, 1.54) is 0 Å². The molecule has 0 saturated carbocycles. The van der Waals surface area contributed by atoms with Crippen molar-refractivity contribution in [1.82, 2.24) is 15.3 Å². The third kappa shape index (κ3) is 3.33. The average Bonchev–Trinajstić information content (AvgIpc) is 2.95. The lowest BCUT2D eigenvalue weighted by Gasteiger charge is -2.19. The van der Waals surface area contributed by atoms with Gasteiger partial charge in [-0.2, -0.15) is 0 Å². The zero-order valence-electron chi connectivity index (χ0n) is 13.7. The first-order chi connectivity index (χ1) is 10.9. The molecule has 3 rings (SSSR count). The third-order valence-corrected chi connectivity index (χ3v) is 3.81. The van der Waals surface area contributed by atoms with Gasteiger partial charge in [-0.15, -0.1) is 0 Å². The normalized spacial score (nSPS) is 16.6. The lowest BCUT2D eigenvalue weighted by Crippen LogP contribution is -2.40. The molecule has 1 aliphatic heterocycles. The van der Waals surface area contributed by atoms with Crippen LogP contribution < -0.4 is 10.1 Å². The number of benzene rings is 1. The average molecular weight is 311 g/mol. The van der Waals surface area contributed by atoms with Gasteiger partial charge in [0.05, 0.1) is 12.1 Å². The Balaban J connectivity index is 1.73. The van der Waals surface area contributed by atoms with Crippen molar-refractivity contribution >= 4 is 5.91 Å². The number of para-hydroxylation sites is 1. The number of aromatic nitrogens is 2. The summed E-state index contributed by atoms with van der Waals surface area (Å²) in [7, 11) is 0. The quantitative estimate of drug-likeness (QED) is 0.946. The smallest absolute Gasteiger partial charge is 0.225 e. The van der Waals surface area contributed by atoms with Crippen LogP contribution in [-0.2, 0) is 11.2 Å². The first-order valence-corrected chi connectivity index (χ1v) is 7.79. The maximum absolute atomic E-state index is 12.0. The van der Waals surface area contributed by atoms with Crippen molar-refractivity contribution in [2.24, 2.45) is 5.41 Å². The highest BCUT2D eigenvalue weighted by Crippen LogP contribution is 2.37. The summed E-state index contributed by atoms with van der Waals surface area (Å²) in [6.07, 6.45) is 4.16. The summed E-state index contributed by atoms with van der Waals surface area (Å²) in [5, 5.41) is 2.96. The fraction of sp³-hybridized carbons (Fsp3) is 0.389. The van der Waals surface area contributed by atoms with Crippen molar-refractivity contribution in [1.29, 1.82) is 0 Å². The van der Waals surface area contributed by atoms with Gasteiger partial charge in [0.25, 0.3) is 0 Å². The second-order valence-corrected chi connectivity index (χ2v) is 6.77. The van der Waals surface area contributed by atoms with Crippen LogP contribution in [0.5, 0.6) is 5.75 Å². The maximum atomic E-state index is 12.0. The van der Waals surface area contributed by atoms with Crippen LogP contribution in [0.15, 0.2) is 36.7 Å². The molecule has 1 aliphatic rings. The summed E-state index contributed by atoms with van der Waals surface area (Å²) < 4.78 is 6.06. The van der Waals surface area contributed by atoms with E-state index in [1.807, 2.05) is 39.0 Å². The standard InChI is InChI=1S/C18H21N3O2/c1-18(2,3)17(22)21-11-13-10-12-6-4-7-14(15(12)23-13)16-19-8-5-9-20-16/h4-9,13H,10-11H2,1-3H3,(H,21,22). The predicted octanol–water partition coefficient (Wildman–Crippen LogP) is 2.61. The molecule has 23 heavy (non-hydrogen) atoms. The van der Waals surface area contributed by atoms with Crippen molar-refractivity contribution < 1.29 is 9.53 Å². The van der Waals surface area contributed by atoms with E-state index in [9.17, 15) is 4.79 Å². The molecule has 0 aliphatic carbocycles. The zero-order valence-corrected chi connectivity index (χ0v) is 13.7. The highest BCUT2D eigenvalue weighted by atomic mass is 16.5. The van der Waals surface area contributed by atoms with E-state index in [1.54, 1.807) is 18.5 Å². The molecule has 1 unspecified atom stereocenters. The SMILES string of the molecule is CC(C)(C)C(=O)NCC1Cc2cccc(-c3ncccn3)c2O1. The van der Waals surface area contributed by atoms with Crippen LogP contribution in [-0.4, -0.2) is 28.5 Å². The van der Waals surface area contributed by atoms with Gasteiger partial charge in [0, 0.05) is 24.2 Å². The van der Waals surface area contributed by atoms with E-state index in [0.717, 1.165) is 23.3 Å². The summed E-state index contributed by atoms with van der Waals surface area (Å²) in [6.45, 7) is 6.20. The third-order valence-electron chi connectivity index (χ3n) is 3.81. The Labute approximate surface area is 136 Å². The van der Waals surface area contributed by atoms with Crippen molar-refractivity contribution in [3.63, 3.8) is 0 Å². The van der Waals surface area contributed by atoms with E-state index in [4.69, 9.17) is 4.74 Å². The molecule has 1 atom stereocenters.